The average Bonchev–Trinajstić information content (AvgIpc) is 2.99. The molecule has 9 heteroatoms. The summed E-state index contributed by atoms with van der Waals surface area (Å²) in [4.78, 5) is 22.0. The van der Waals surface area contributed by atoms with E-state index in [0.717, 1.165) is 57.8 Å². The quantitative estimate of drug-likeness (QED) is 0.0327. The van der Waals surface area contributed by atoms with Crippen LogP contribution in [0.1, 0.15) is 136 Å². The number of rotatable bonds is 32. The van der Waals surface area contributed by atoms with Crippen LogP contribution in [0.4, 0.5) is 0 Å². The SMILES string of the molecule is CCCCC/C=C\C/C=C\C/C=C\CCCCCCCCCOCC(COP(=O)(O)OCCN)OC(=O)CCCCCC. The first-order valence-electron chi connectivity index (χ1n) is 17.0. The molecule has 0 saturated carbocycles. The number of allylic oxidation sites excluding steroid dienone is 6. The highest BCUT2D eigenvalue weighted by Gasteiger charge is 2.25. The van der Waals surface area contributed by atoms with Crippen molar-refractivity contribution >= 4 is 13.8 Å². The van der Waals surface area contributed by atoms with Crippen LogP contribution in [-0.4, -0.2) is 49.9 Å². The Morgan fingerprint density at radius 2 is 1.23 bits per heavy atom. The summed E-state index contributed by atoms with van der Waals surface area (Å²) >= 11 is 0. The molecule has 8 nitrogen and oxygen atoms in total. The van der Waals surface area contributed by atoms with Crippen molar-refractivity contribution in [2.75, 3.05) is 33.0 Å². The van der Waals surface area contributed by atoms with Gasteiger partial charge in [0.05, 0.1) is 19.8 Å². The molecular formula is C34H64NO7P. The van der Waals surface area contributed by atoms with Crippen LogP contribution < -0.4 is 5.73 Å². The van der Waals surface area contributed by atoms with Crippen molar-refractivity contribution in [2.24, 2.45) is 5.73 Å². The minimum atomic E-state index is -4.25. The number of hydrogen-bond acceptors (Lipinski definition) is 7. The minimum Gasteiger partial charge on any atom is -0.457 e. The van der Waals surface area contributed by atoms with Crippen LogP contribution in [-0.2, 0) is 27.9 Å². The number of carbonyl (C=O) groups excluding carboxylic acids is 1. The molecule has 2 unspecified atom stereocenters. The Hall–Kier alpha value is -1.28. The van der Waals surface area contributed by atoms with Gasteiger partial charge < -0.3 is 20.1 Å². The van der Waals surface area contributed by atoms with Gasteiger partial charge in [-0.05, 0) is 51.4 Å². The molecule has 3 N–H and O–H groups in total. The van der Waals surface area contributed by atoms with Crippen molar-refractivity contribution in [3.05, 3.63) is 36.5 Å². The van der Waals surface area contributed by atoms with Gasteiger partial charge in [-0.3, -0.25) is 13.8 Å². The zero-order valence-corrected chi connectivity index (χ0v) is 28.3. The summed E-state index contributed by atoms with van der Waals surface area (Å²) in [5, 5.41) is 0. The van der Waals surface area contributed by atoms with Gasteiger partial charge in [-0.2, -0.15) is 0 Å². The number of esters is 1. The Balaban J connectivity index is 3.92. The van der Waals surface area contributed by atoms with Gasteiger partial charge in [0.1, 0.15) is 6.10 Å². The predicted molar refractivity (Wildman–Crippen MR) is 178 cm³/mol. The highest BCUT2D eigenvalue weighted by Crippen LogP contribution is 2.43. The molecule has 0 rings (SSSR count). The number of ether oxygens (including phenoxy) is 2. The van der Waals surface area contributed by atoms with Gasteiger partial charge in [-0.1, -0.05) is 115 Å². The molecule has 0 spiro atoms. The third-order valence-electron chi connectivity index (χ3n) is 6.81. The van der Waals surface area contributed by atoms with Crippen LogP contribution in [0.3, 0.4) is 0 Å². The van der Waals surface area contributed by atoms with Crippen LogP contribution in [0, 0.1) is 0 Å². The van der Waals surface area contributed by atoms with Crippen LogP contribution in [0.2, 0.25) is 0 Å². The van der Waals surface area contributed by atoms with Crippen molar-refractivity contribution in [1.82, 2.24) is 0 Å². The summed E-state index contributed by atoms with van der Waals surface area (Å²) < 4.78 is 32.9. The summed E-state index contributed by atoms with van der Waals surface area (Å²) in [5.41, 5.74) is 5.31. The number of hydrogen-bond donors (Lipinski definition) is 2. The maximum Gasteiger partial charge on any atom is 0.472 e. The largest absolute Gasteiger partial charge is 0.472 e. The standard InChI is InChI=1S/C34H64NO7P/c1-3-5-7-9-10-11-12-13-14-15-16-17-18-19-20-21-22-23-24-26-29-39-31-33(32-41-43(37,38)40-30-28-35)42-34(36)27-25-8-6-4-2/h10-11,13-14,16-17,33H,3-9,12,15,18-32,35H2,1-2H3,(H,37,38)/b11-10-,14-13-,17-16-. The summed E-state index contributed by atoms with van der Waals surface area (Å²) in [5.74, 6) is -0.354. The molecule has 0 radical (unpaired) electrons. The fraction of sp³-hybridized carbons (Fsp3) is 0.794. The molecule has 43 heavy (non-hydrogen) atoms. The van der Waals surface area contributed by atoms with E-state index in [1.807, 2.05) is 0 Å². The Kier molecular flexibility index (Phi) is 31.2. The summed E-state index contributed by atoms with van der Waals surface area (Å²) in [6, 6.07) is 0. The third-order valence-corrected chi connectivity index (χ3v) is 7.79. The van der Waals surface area contributed by atoms with Crippen LogP contribution in [0.15, 0.2) is 36.5 Å². The Bertz CT molecular complexity index is 757. The topological polar surface area (TPSA) is 117 Å². The monoisotopic (exact) mass is 629 g/mol. The average molecular weight is 630 g/mol. The lowest BCUT2D eigenvalue weighted by atomic mass is 10.1. The molecule has 0 aromatic heterocycles. The molecule has 0 saturated heterocycles. The second-order valence-corrected chi connectivity index (χ2v) is 12.5. The van der Waals surface area contributed by atoms with Gasteiger partial charge in [-0.15, -0.1) is 0 Å². The smallest absolute Gasteiger partial charge is 0.457 e. The lowest BCUT2D eigenvalue weighted by Gasteiger charge is -2.20. The summed E-state index contributed by atoms with van der Waals surface area (Å²) in [7, 11) is -4.25. The van der Waals surface area contributed by atoms with Crippen molar-refractivity contribution in [1.29, 1.82) is 0 Å². The van der Waals surface area contributed by atoms with E-state index in [1.165, 1.54) is 57.8 Å². The molecule has 2 atom stereocenters. The van der Waals surface area contributed by atoms with Crippen molar-refractivity contribution in [2.45, 2.75) is 142 Å². The second kappa shape index (κ2) is 32.1. The van der Waals surface area contributed by atoms with E-state index in [2.05, 4.69) is 50.3 Å². The first kappa shape index (κ1) is 41.7. The van der Waals surface area contributed by atoms with E-state index in [1.54, 1.807) is 0 Å². The van der Waals surface area contributed by atoms with Gasteiger partial charge >= 0.3 is 13.8 Å². The number of unbranched alkanes of at least 4 members (excludes halogenated alkanes) is 13. The van der Waals surface area contributed by atoms with Crippen LogP contribution in [0.25, 0.3) is 0 Å². The zero-order chi connectivity index (χ0) is 31.7. The number of nitrogens with two attached hydrogens (primary N) is 1. The molecule has 0 aromatic carbocycles. The fourth-order valence-electron chi connectivity index (χ4n) is 4.29. The Morgan fingerprint density at radius 1 is 0.698 bits per heavy atom. The fourth-order valence-corrected chi connectivity index (χ4v) is 5.06. The van der Waals surface area contributed by atoms with Crippen LogP contribution in [0.5, 0.6) is 0 Å². The highest BCUT2D eigenvalue weighted by molar-refractivity contribution is 7.47. The van der Waals surface area contributed by atoms with Gasteiger partial charge in [0.15, 0.2) is 0 Å². The number of phosphoric acid groups is 1. The first-order valence-corrected chi connectivity index (χ1v) is 18.5. The minimum absolute atomic E-state index is 0.0977. The van der Waals surface area contributed by atoms with Crippen LogP contribution >= 0.6 is 7.82 Å². The molecule has 252 valence electrons. The van der Waals surface area contributed by atoms with Gasteiger partial charge in [-0.25, -0.2) is 4.57 Å². The highest BCUT2D eigenvalue weighted by atomic mass is 31.2. The molecular weight excluding hydrogens is 565 g/mol. The molecule has 0 aliphatic rings. The zero-order valence-electron chi connectivity index (χ0n) is 27.4. The maximum absolute atomic E-state index is 12.2. The molecule has 0 amide bonds. The van der Waals surface area contributed by atoms with E-state index in [-0.39, 0.29) is 32.3 Å². The lowest BCUT2D eigenvalue weighted by molar-refractivity contribution is -0.154. The van der Waals surface area contributed by atoms with E-state index in [0.29, 0.717) is 13.0 Å². The number of phosphoric ester groups is 1. The molecule has 0 fully saturated rings. The summed E-state index contributed by atoms with van der Waals surface area (Å²) in [6.45, 7) is 4.72. The Labute approximate surface area is 263 Å². The van der Waals surface area contributed by atoms with Crippen molar-refractivity contribution in [3.8, 4) is 0 Å². The van der Waals surface area contributed by atoms with E-state index in [4.69, 9.17) is 24.3 Å². The van der Waals surface area contributed by atoms with E-state index >= 15 is 0 Å². The molecule has 0 aliphatic heterocycles. The molecule has 0 aliphatic carbocycles. The summed E-state index contributed by atoms with van der Waals surface area (Å²) in [6.07, 6.45) is 33.5. The lowest BCUT2D eigenvalue weighted by Crippen LogP contribution is -2.28. The van der Waals surface area contributed by atoms with Crippen molar-refractivity contribution < 1.29 is 32.8 Å². The second-order valence-electron chi connectivity index (χ2n) is 11.0. The van der Waals surface area contributed by atoms with Gasteiger partial charge in [0.2, 0.25) is 0 Å². The molecule has 0 aromatic rings. The van der Waals surface area contributed by atoms with E-state index < -0.39 is 13.9 Å². The maximum atomic E-state index is 12.2. The normalized spacial score (nSPS) is 14.2. The third kappa shape index (κ3) is 31.9. The first-order chi connectivity index (χ1) is 20.9. The van der Waals surface area contributed by atoms with E-state index in [9.17, 15) is 14.3 Å². The Morgan fingerprint density at radius 3 is 1.86 bits per heavy atom. The van der Waals surface area contributed by atoms with Gasteiger partial charge in [0.25, 0.3) is 0 Å². The van der Waals surface area contributed by atoms with Gasteiger partial charge in [0, 0.05) is 19.6 Å². The number of carbonyl (C=O) groups is 1. The molecule has 0 heterocycles. The van der Waals surface area contributed by atoms with Crippen molar-refractivity contribution in [3.63, 3.8) is 0 Å². The molecule has 0 bridgehead atoms. The predicted octanol–water partition coefficient (Wildman–Crippen LogP) is 9.13.